The van der Waals surface area contributed by atoms with Crippen LogP contribution in [-0.2, 0) is 16.0 Å². The normalized spacial score (nSPS) is 16.8. The van der Waals surface area contributed by atoms with E-state index >= 15 is 0 Å². The summed E-state index contributed by atoms with van der Waals surface area (Å²) in [5.74, 6) is -0.246. The van der Waals surface area contributed by atoms with Crippen LogP contribution in [0.2, 0.25) is 0 Å². The third-order valence-electron chi connectivity index (χ3n) is 5.12. The van der Waals surface area contributed by atoms with Gasteiger partial charge in [-0.3, -0.25) is 9.59 Å². The molecular formula is C22H26N2O2. The van der Waals surface area contributed by atoms with Gasteiger partial charge in [-0.2, -0.15) is 0 Å². The Labute approximate surface area is 155 Å². The van der Waals surface area contributed by atoms with E-state index in [-0.39, 0.29) is 24.2 Å². The zero-order valence-corrected chi connectivity index (χ0v) is 15.7. The van der Waals surface area contributed by atoms with Crippen molar-refractivity contribution < 1.29 is 9.59 Å². The predicted molar refractivity (Wildman–Crippen MR) is 105 cm³/mol. The second kappa shape index (κ2) is 7.73. The number of hydrogen-bond acceptors (Lipinski definition) is 2. The van der Waals surface area contributed by atoms with Crippen LogP contribution in [0.25, 0.3) is 0 Å². The first-order chi connectivity index (χ1) is 12.5. The molecule has 0 radical (unpaired) electrons. The average molecular weight is 350 g/mol. The highest BCUT2D eigenvalue weighted by molar-refractivity contribution is 6.04. The number of benzene rings is 2. The van der Waals surface area contributed by atoms with E-state index in [4.69, 9.17) is 0 Å². The molecule has 0 aromatic heterocycles. The summed E-state index contributed by atoms with van der Waals surface area (Å²) in [6.07, 6.45) is 1.24. The molecule has 1 heterocycles. The van der Waals surface area contributed by atoms with Gasteiger partial charge in [0.2, 0.25) is 11.8 Å². The maximum Gasteiger partial charge on any atom is 0.232 e. The van der Waals surface area contributed by atoms with Crippen molar-refractivity contribution in [3.63, 3.8) is 0 Å². The van der Waals surface area contributed by atoms with Gasteiger partial charge < -0.3 is 9.80 Å². The third kappa shape index (κ3) is 3.50. The Balaban J connectivity index is 1.78. The number of aryl methyl sites for hydroxylation is 2. The van der Waals surface area contributed by atoms with E-state index in [2.05, 4.69) is 6.92 Å². The smallest absolute Gasteiger partial charge is 0.232 e. The number of carbonyl (C=O) groups excluding carboxylic acids is 2. The molecule has 4 heteroatoms. The largest absolute Gasteiger partial charge is 0.312 e. The quantitative estimate of drug-likeness (QED) is 0.819. The Hall–Kier alpha value is -2.62. The highest BCUT2D eigenvalue weighted by atomic mass is 16.2. The first-order valence-corrected chi connectivity index (χ1v) is 9.31. The second-order valence-corrected chi connectivity index (χ2v) is 6.79. The van der Waals surface area contributed by atoms with Crippen LogP contribution >= 0.6 is 0 Å². The lowest BCUT2D eigenvalue weighted by molar-refractivity contribution is -0.124. The molecule has 1 fully saturated rings. The molecule has 0 bridgehead atoms. The van der Waals surface area contributed by atoms with Gasteiger partial charge >= 0.3 is 0 Å². The van der Waals surface area contributed by atoms with E-state index in [0.29, 0.717) is 13.1 Å². The van der Waals surface area contributed by atoms with Gasteiger partial charge in [-0.15, -0.1) is 0 Å². The molecule has 0 aliphatic carbocycles. The van der Waals surface area contributed by atoms with E-state index in [1.54, 1.807) is 9.80 Å². The van der Waals surface area contributed by atoms with Crippen molar-refractivity contribution in [3.8, 4) is 0 Å². The summed E-state index contributed by atoms with van der Waals surface area (Å²) in [4.78, 5) is 29.2. The number of para-hydroxylation sites is 1. The maximum atomic E-state index is 13.1. The number of nitrogens with zero attached hydrogens (tertiary/aromatic N) is 2. The number of anilines is 2. The van der Waals surface area contributed by atoms with Crippen LogP contribution in [0.1, 0.15) is 31.4 Å². The Morgan fingerprint density at radius 1 is 1.12 bits per heavy atom. The molecule has 2 amide bonds. The third-order valence-corrected chi connectivity index (χ3v) is 5.12. The van der Waals surface area contributed by atoms with Crippen molar-refractivity contribution in [2.75, 3.05) is 22.9 Å². The number of rotatable bonds is 5. The number of carbonyl (C=O) groups is 2. The summed E-state index contributed by atoms with van der Waals surface area (Å²) in [7, 11) is 0. The Morgan fingerprint density at radius 2 is 1.81 bits per heavy atom. The van der Waals surface area contributed by atoms with Crippen LogP contribution < -0.4 is 9.80 Å². The molecule has 0 N–H and O–H groups in total. The van der Waals surface area contributed by atoms with Crippen molar-refractivity contribution in [2.45, 2.75) is 33.6 Å². The van der Waals surface area contributed by atoms with Crippen LogP contribution in [0.3, 0.4) is 0 Å². The van der Waals surface area contributed by atoms with Crippen LogP contribution in [0.4, 0.5) is 11.4 Å². The topological polar surface area (TPSA) is 40.6 Å². The summed E-state index contributed by atoms with van der Waals surface area (Å²) in [5.41, 5.74) is 4.11. The van der Waals surface area contributed by atoms with Gasteiger partial charge in [0.1, 0.15) is 0 Å². The molecule has 0 saturated carbocycles. The van der Waals surface area contributed by atoms with Crippen molar-refractivity contribution in [1.29, 1.82) is 0 Å². The number of hydrogen-bond donors (Lipinski definition) is 0. The van der Waals surface area contributed by atoms with Gasteiger partial charge in [-0.05, 0) is 49.6 Å². The molecular weight excluding hydrogens is 324 g/mol. The standard InChI is InChI=1S/C22H26N2O2/c1-4-17-10-12-19(13-11-17)24-15-18(14-21(24)25)22(26)23(5-2)20-9-7-6-8-16(20)3/h6-13,18H,4-5,14-15H2,1-3H3. The molecule has 4 nitrogen and oxygen atoms in total. The lowest BCUT2D eigenvalue weighted by Gasteiger charge is -2.26. The maximum absolute atomic E-state index is 13.1. The SMILES string of the molecule is CCc1ccc(N2CC(C(=O)N(CC)c3ccccc3C)CC2=O)cc1. The summed E-state index contributed by atoms with van der Waals surface area (Å²) in [6.45, 7) is 7.13. The molecule has 2 aromatic carbocycles. The molecule has 136 valence electrons. The van der Waals surface area contributed by atoms with E-state index in [0.717, 1.165) is 23.4 Å². The van der Waals surface area contributed by atoms with Gasteiger partial charge in [-0.25, -0.2) is 0 Å². The summed E-state index contributed by atoms with van der Waals surface area (Å²) < 4.78 is 0. The zero-order chi connectivity index (χ0) is 18.7. The lowest BCUT2D eigenvalue weighted by atomic mass is 10.1. The lowest BCUT2D eigenvalue weighted by Crippen LogP contribution is -2.37. The molecule has 3 rings (SSSR count). The molecule has 1 saturated heterocycles. The number of amides is 2. The molecule has 1 unspecified atom stereocenters. The highest BCUT2D eigenvalue weighted by Crippen LogP contribution is 2.29. The highest BCUT2D eigenvalue weighted by Gasteiger charge is 2.37. The van der Waals surface area contributed by atoms with E-state index in [1.807, 2.05) is 62.4 Å². The zero-order valence-electron chi connectivity index (χ0n) is 15.7. The summed E-state index contributed by atoms with van der Waals surface area (Å²) >= 11 is 0. The molecule has 1 atom stereocenters. The van der Waals surface area contributed by atoms with Crippen molar-refractivity contribution in [3.05, 3.63) is 59.7 Å². The van der Waals surface area contributed by atoms with Crippen LogP contribution in [0.5, 0.6) is 0 Å². The molecule has 26 heavy (non-hydrogen) atoms. The van der Waals surface area contributed by atoms with Gasteiger partial charge in [0, 0.05) is 30.9 Å². The Kier molecular flexibility index (Phi) is 5.40. The van der Waals surface area contributed by atoms with Gasteiger partial charge in [0.15, 0.2) is 0 Å². The molecule has 1 aliphatic heterocycles. The van der Waals surface area contributed by atoms with Crippen LogP contribution in [0.15, 0.2) is 48.5 Å². The summed E-state index contributed by atoms with van der Waals surface area (Å²) in [5, 5.41) is 0. The predicted octanol–water partition coefficient (Wildman–Crippen LogP) is 3.96. The molecule has 1 aliphatic rings. The van der Waals surface area contributed by atoms with Crippen LogP contribution in [-0.4, -0.2) is 24.9 Å². The van der Waals surface area contributed by atoms with Gasteiger partial charge in [-0.1, -0.05) is 37.3 Å². The molecule has 0 spiro atoms. The van der Waals surface area contributed by atoms with Crippen molar-refractivity contribution in [1.82, 2.24) is 0 Å². The van der Waals surface area contributed by atoms with E-state index in [9.17, 15) is 9.59 Å². The minimum absolute atomic E-state index is 0.0217. The Bertz CT molecular complexity index is 798. The van der Waals surface area contributed by atoms with Gasteiger partial charge in [0.05, 0.1) is 5.92 Å². The Morgan fingerprint density at radius 3 is 2.42 bits per heavy atom. The van der Waals surface area contributed by atoms with Crippen molar-refractivity contribution >= 4 is 23.2 Å². The van der Waals surface area contributed by atoms with Gasteiger partial charge in [0.25, 0.3) is 0 Å². The minimum atomic E-state index is -0.298. The first-order valence-electron chi connectivity index (χ1n) is 9.31. The van der Waals surface area contributed by atoms with Crippen molar-refractivity contribution in [2.24, 2.45) is 5.92 Å². The second-order valence-electron chi connectivity index (χ2n) is 6.79. The average Bonchev–Trinajstić information content (AvgIpc) is 3.05. The van der Waals surface area contributed by atoms with Crippen LogP contribution in [0, 0.1) is 12.8 Å². The summed E-state index contributed by atoms with van der Waals surface area (Å²) in [6, 6.07) is 15.9. The van der Waals surface area contributed by atoms with E-state index in [1.165, 1.54) is 5.56 Å². The van der Waals surface area contributed by atoms with E-state index < -0.39 is 0 Å². The minimum Gasteiger partial charge on any atom is -0.312 e. The monoisotopic (exact) mass is 350 g/mol. The molecule has 2 aromatic rings. The fourth-order valence-corrected chi connectivity index (χ4v) is 3.57. The first kappa shape index (κ1) is 18.2. The fourth-order valence-electron chi connectivity index (χ4n) is 3.57. The fraction of sp³-hybridized carbons (Fsp3) is 0.364.